The Morgan fingerprint density at radius 2 is 2.17 bits per heavy atom. The van der Waals surface area contributed by atoms with Crippen LogP contribution >= 0.6 is 0 Å². The molecular weight excluding hydrogens is 226 g/mol. The Labute approximate surface area is 109 Å². The maximum absolute atomic E-state index is 12.3. The third kappa shape index (κ3) is 3.07. The van der Waals surface area contributed by atoms with Crippen molar-refractivity contribution in [2.45, 2.75) is 25.3 Å². The molecule has 0 spiro atoms. The highest BCUT2D eigenvalue weighted by Gasteiger charge is 2.22. The molecule has 0 aromatic carbocycles. The first-order valence-electron chi connectivity index (χ1n) is 6.55. The van der Waals surface area contributed by atoms with Crippen molar-refractivity contribution in [1.82, 2.24) is 14.8 Å². The number of likely N-dealkylation sites (tertiary alicyclic amines) is 1. The first-order chi connectivity index (χ1) is 8.68. The second kappa shape index (κ2) is 5.96. The number of amides is 1. The van der Waals surface area contributed by atoms with E-state index in [4.69, 9.17) is 0 Å². The lowest BCUT2D eigenvalue weighted by Gasteiger charge is -2.23. The highest BCUT2D eigenvalue weighted by Crippen LogP contribution is 2.16. The summed E-state index contributed by atoms with van der Waals surface area (Å²) in [5.41, 5.74) is 0.556. The van der Waals surface area contributed by atoms with Gasteiger partial charge in [0.2, 0.25) is 0 Å². The SMILES string of the molecule is CN(C)[C@H]1CCCN(C(=O)c2ccccn2)CC1. The summed E-state index contributed by atoms with van der Waals surface area (Å²) in [5.74, 6) is 0.0648. The molecule has 2 rings (SSSR count). The van der Waals surface area contributed by atoms with Crippen LogP contribution in [0.1, 0.15) is 29.8 Å². The van der Waals surface area contributed by atoms with Crippen molar-refractivity contribution in [3.63, 3.8) is 0 Å². The minimum atomic E-state index is 0.0648. The molecule has 1 saturated heterocycles. The van der Waals surface area contributed by atoms with Crippen molar-refractivity contribution in [2.75, 3.05) is 27.2 Å². The van der Waals surface area contributed by atoms with Crippen LogP contribution in [0.15, 0.2) is 24.4 Å². The van der Waals surface area contributed by atoms with Crippen LogP contribution in [0, 0.1) is 0 Å². The Balaban J connectivity index is 2.00. The molecule has 1 atom stereocenters. The molecule has 1 aromatic rings. The molecule has 0 saturated carbocycles. The zero-order valence-corrected chi connectivity index (χ0v) is 11.2. The van der Waals surface area contributed by atoms with Gasteiger partial charge < -0.3 is 9.80 Å². The summed E-state index contributed by atoms with van der Waals surface area (Å²) in [7, 11) is 4.22. The number of carbonyl (C=O) groups is 1. The molecule has 0 unspecified atom stereocenters. The summed E-state index contributed by atoms with van der Waals surface area (Å²) >= 11 is 0. The minimum absolute atomic E-state index is 0.0648. The average Bonchev–Trinajstić information content (AvgIpc) is 2.64. The van der Waals surface area contributed by atoms with Gasteiger partial charge in [0.15, 0.2) is 0 Å². The molecule has 0 N–H and O–H groups in total. The van der Waals surface area contributed by atoms with Crippen LogP contribution in [-0.4, -0.2) is 53.9 Å². The van der Waals surface area contributed by atoms with Gasteiger partial charge in [-0.05, 0) is 45.5 Å². The molecule has 1 fully saturated rings. The predicted octanol–water partition coefficient (Wildman–Crippen LogP) is 1.64. The number of aromatic nitrogens is 1. The van der Waals surface area contributed by atoms with E-state index >= 15 is 0 Å². The highest BCUT2D eigenvalue weighted by molar-refractivity contribution is 5.92. The van der Waals surface area contributed by atoms with Crippen LogP contribution in [0.3, 0.4) is 0 Å². The molecule has 18 heavy (non-hydrogen) atoms. The van der Waals surface area contributed by atoms with Crippen LogP contribution in [-0.2, 0) is 0 Å². The van der Waals surface area contributed by atoms with Crippen LogP contribution in [0.2, 0.25) is 0 Å². The van der Waals surface area contributed by atoms with Crippen LogP contribution in [0.5, 0.6) is 0 Å². The second-order valence-electron chi connectivity index (χ2n) is 5.06. The Morgan fingerprint density at radius 3 is 2.83 bits per heavy atom. The summed E-state index contributed by atoms with van der Waals surface area (Å²) in [6, 6.07) is 6.07. The highest BCUT2D eigenvalue weighted by atomic mass is 16.2. The Hall–Kier alpha value is -1.42. The molecule has 0 bridgehead atoms. The summed E-state index contributed by atoms with van der Waals surface area (Å²) < 4.78 is 0. The predicted molar refractivity (Wildman–Crippen MR) is 71.5 cm³/mol. The van der Waals surface area contributed by atoms with Gasteiger partial charge in [-0.25, -0.2) is 0 Å². The van der Waals surface area contributed by atoms with Gasteiger partial charge in [-0.2, -0.15) is 0 Å². The van der Waals surface area contributed by atoms with E-state index in [0.717, 1.165) is 25.9 Å². The van der Waals surface area contributed by atoms with Gasteiger partial charge in [-0.1, -0.05) is 6.07 Å². The molecule has 98 valence electrons. The Morgan fingerprint density at radius 1 is 1.33 bits per heavy atom. The number of hydrogen-bond donors (Lipinski definition) is 0. The lowest BCUT2D eigenvalue weighted by molar-refractivity contribution is 0.0752. The fourth-order valence-corrected chi connectivity index (χ4v) is 2.45. The fraction of sp³-hybridized carbons (Fsp3) is 0.571. The van der Waals surface area contributed by atoms with Crippen LogP contribution < -0.4 is 0 Å². The third-order valence-electron chi connectivity index (χ3n) is 3.60. The smallest absolute Gasteiger partial charge is 0.272 e. The molecule has 0 aliphatic carbocycles. The maximum Gasteiger partial charge on any atom is 0.272 e. The Bertz CT molecular complexity index is 391. The summed E-state index contributed by atoms with van der Waals surface area (Å²) in [6.07, 6.45) is 4.96. The van der Waals surface area contributed by atoms with E-state index in [1.54, 1.807) is 12.3 Å². The lowest BCUT2D eigenvalue weighted by Crippen LogP contribution is -2.34. The quantitative estimate of drug-likeness (QED) is 0.797. The number of hydrogen-bond acceptors (Lipinski definition) is 3. The monoisotopic (exact) mass is 247 g/mol. The molecule has 1 aromatic heterocycles. The van der Waals surface area contributed by atoms with E-state index < -0.39 is 0 Å². The second-order valence-corrected chi connectivity index (χ2v) is 5.06. The summed E-state index contributed by atoms with van der Waals surface area (Å²) in [4.78, 5) is 20.6. The fourth-order valence-electron chi connectivity index (χ4n) is 2.45. The van der Waals surface area contributed by atoms with E-state index in [2.05, 4.69) is 24.0 Å². The van der Waals surface area contributed by atoms with E-state index in [9.17, 15) is 4.79 Å². The van der Waals surface area contributed by atoms with Gasteiger partial charge in [-0.3, -0.25) is 9.78 Å². The van der Waals surface area contributed by atoms with Crippen molar-refractivity contribution in [3.8, 4) is 0 Å². The van der Waals surface area contributed by atoms with Gasteiger partial charge in [0.1, 0.15) is 5.69 Å². The topological polar surface area (TPSA) is 36.4 Å². The largest absolute Gasteiger partial charge is 0.337 e. The van der Waals surface area contributed by atoms with Crippen LogP contribution in [0.4, 0.5) is 0 Å². The number of rotatable bonds is 2. The number of carbonyl (C=O) groups excluding carboxylic acids is 1. The average molecular weight is 247 g/mol. The van der Waals surface area contributed by atoms with E-state index in [1.807, 2.05) is 17.0 Å². The maximum atomic E-state index is 12.3. The number of pyridine rings is 1. The molecule has 4 nitrogen and oxygen atoms in total. The van der Waals surface area contributed by atoms with Gasteiger partial charge in [-0.15, -0.1) is 0 Å². The minimum Gasteiger partial charge on any atom is -0.337 e. The normalized spacial score (nSPS) is 20.8. The molecule has 0 radical (unpaired) electrons. The van der Waals surface area contributed by atoms with Gasteiger partial charge >= 0.3 is 0 Å². The van der Waals surface area contributed by atoms with Crippen molar-refractivity contribution < 1.29 is 4.79 Å². The van der Waals surface area contributed by atoms with E-state index in [1.165, 1.54) is 6.42 Å². The molecule has 2 heterocycles. The molecular formula is C14H21N3O. The molecule has 4 heteroatoms. The van der Waals surface area contributed by atoms with E-state index in [-0.39, 0.29) is 5.91 Å². The zero-order valence-electron chi connectivity index (χ0n) is 11.2. The van der Waals surface area contributed by atoms with Crippen LogP contribution in [0.25, 0.3) is 0 Å². The van der Waals surface area contributed by atoms with Gasteiger partial charge in [0, 0.05) is 25.3 Å². The first-order valence-corrected chi connectivity index (χ1v) is 6.55. The van der Waals surface area contributed by atoms with Gasteiger partial charge in [0.25, 0.3) is 5.91 Å². The van der Waals surface area contributed by atoms with Crippen molar-refractivity contribution in [1.29, 1.82) is 0 Å². The summed E-state index contributed by atoms with van der Waals surface area (Å²) in [6.45, 7) is 1.68. The van der Waals surface area contributed by atoms with Gasteiger partial charge in [0.05, 0.1) is 0 Å². The number of nitrogens with zero attached hydrogens (tertiary/aromatic N) is 3. The molecule has 1 aliphatic rings. The van der Waals surface area contributed by atoms with Crippen molar-refractivity contribution in [3.05, 3.63) is 30.1 Å². The molecule has 1 aliphatic heterocycles. The Kier molecular flexibility index (Phi) is 4.31. The van der Waals surface area contributed by atoms with Crippen molar-refractivity contribution >= 4 is 5.91 Å². The van der Waals surface area contributed by atoms with E-state index in [0.29, 0.717) is 11.7 Å². The third-order valence-corrected chi connectivity index (χ3v) is 3.60. The molecule has 1 amide bonds. The summed E-state index contributed by atoms with van der Waals surface area (Å²) in [5, 5.41) is 0. The standard InChI is InChI=1S/C14H21N3O/c1-16(2)12-6-5-10-17(11-8-12)14(18)13-7-3-4-9-15-13/h3-4,7,9,12H,5-6,8,10-11H2,1-2H3/t12-/m0/s1. The zero-order chi connectivity index (χ0) is 13.0. The lowest BCUT2D eigenvalue weighted by atomic mass is 10.1. The van der Waals surface area contributed by atoms with Crippen molar-refractivity contribution in [2.24, 2.45) is 0 Å². The first kappa shape index (κ1) is 13.0.